The number of hydrogen-bond donors (Lipinski definition) is 1. The van der Waals surface area contributed by atoms with Gasteiger partial charge in [-0.3, -0.25) is 10.1 Å². The first-order valence-corrected chi connectivity index (χ1v) is 10.8. The van der Waals surface area contributed by atoms with Crippen LogP contribution in [0.4, 0.5) is 5.69 Å². The van der Waals surface area contributed by atoms with Crippen LogP contribution in [0.2, 0.25) is 0 Å². The lowest BCUT2D eigenvalue weighted by Crippen LogP contribution is -1.97. The third kappa shape index (κ3) is 3.54. The van der Waals surface area contributed by atoms with Gasteiger partial charge in [0.15, 0.2) is 5.82 Å². The summed E-state index contributed by atoms with van der Waals surface area (Å²) in [6, 6.07) is 11.6. The van der Waals surface area contributed by atoms with Crippen LogP contribution in [0.25, 0.3) is 33.4 Å². The van der Waals surface area contributed by atoms with Crippen molar-refractivity contribution in [2.24, 2.45) is 0 Å². The van der Waals surface area contributed by atoms with Crippen LogP contribution < -0.4 is 4.74 Å². The zero-order chi connectivity index (χ0) is 23.2. The van der Waals surface area contributed by atoms with Crippen molar-refractivity contribution in [2.75, 3.05) is 7.11 Å². The van der Waals surface area contributed by atoms with E-state index in [-0.39, 0.29) is 5.69 Å². The third-order valence-corrected chi connectivity index (χ3v) is 5.87. The maximum atomic E-state index is 10.9. The second-order valence-corrected chi connectivity index (χ2v) is 8.22. The van der Waals surface area contributed by atoms with Crippen molar-refractivity contribution in [3.05, 3.63) is 70.2 Å². The number of aromatic amines is 1. The van der Waals surface area contributed by atoms with Gasteiger partial charge in [0.2, 0.25) is 0 Å². The molecule has 0 aliphatic heterocycles. The van der Waals surface area contributed by atoms with E-state index in [4.69, 9.17) is 14.0 Å². The van der Waals surface area contributed by atoms with Crippen molar-refractivity contribution in [1.29, 1.82) is 0 Å². The van der Waals surface area contributed by atoms with Crippen molar-refractivity contribution in [1.82, 2.24) is 20.1 Å². The minimum Gasteiger partial charge on any atom is -0.457 e. The molecule has 0 bridgehead atoms. The summed E-state index contributed by atoms with van der Waals surface area (Å²) >= 11 is 0. The van der Waals surface area contributed by atoms with Gasteiger partial charge in [-0.15, -0.1) is 0 Å². The van der Waals surface area contributed by atoms with Gasteiger partial charge in [-0.1, -0.05) is 5.16 Å². The predicted octanol–water partition coefficient (Wildman–Crippen LogP) is 5.49. The lowest BCUT2D eigenvalue weighted by molar-refractivity contribution is -0.384. The number of aromatic nitrogens is 4. The number of nitrogens with zero attached hydrogens (tertiary/aromatic N) is 4. The van der Waals surface area contributed by atoms with Gasteiger partial charge in [0, 0.05) is 47.0 Å². The smallest absolute Gasteiger partial charge is 0.276 e. The highest BCUT2D eigenvalue weighted by atomic mass is 16.6. The van der Waals surface area contributed by atoms with E-state index in [2.05, 4.69) is 20.1 Å². The van der Waals surface area contributed by atoms with E-state index in [0.717, 1.165) is 46.0 Å². The maximum absolute atomic E-state index is 10.9. The Balaban J connectivity index is 1.44. The molecule has 1 fully saturated rings. The molecular weight excluding hydrogens is 438 g/mol. The number of fused-ring (bicyclic) bond motifs is 3. The third-order valence-electron chi connectivity index (χ3n) is 5.87. The lowest BCUT2D eigenvalue weighted by Gasteiger charge is -2.08. The SMILES string of the molecule is COCc1c(-c2nc(C3CC3)no2)ncc2[nH]c3ccc(Oc4ccc([N+](=O)[O-])cc4)cc3c12. The molecule has 1 saturated carbocycles. The van der Waals surface area contributed by atoms with E-state index in [0.29, 0.717) is 35.6 Å². The summed E-state index contributed by atoms with van der Waals surface area (Å²) in [4.78, 5) is 23.0. The number of ether oxygens (including phenoxy) is 2. The van der Waals surface area contributed by atoms with Crippen LogP contribution in [0, 0.1) is 10.1 Å². The zero-order valence-corrected chi connectivity index (χ0v) is 18.1. The van der Waals surface area contributed by atoms with Crippen LogP contribution in [-0.2, 0) is 11.3 Å². The highest BCUT2D eigenvalue weighted by Gasteiger charge is 2.30. The summed E-state index contributed by atoms with van der Waals surface area (Å²) in [5.41, 5.74) is 3.20. The molecule has 0 saturated heterocycles. The largest absolute Gasteiger partial charge is 0.457 e. The molecule has 0 radical (unpaired) electrons. The standard InChI is InChI=1S/C24H19N5O5/c1-32-12-18-21-17-10-16(33-15-6-4-14(5-7-15)29(30)31)8-9-19(17)26-20(21)11-25-22(18)24-27-23(28-34-24)13-2-3-13/h4-11,13,26H,2-3,12H2,1H3. The number of rotatable bonds is 7. The molecule has 6 rings (SSSR count). The summed E-state index contributed by atoms with van der Waals surface area (Å²) in [7, 11) is 1.63. The van der Waals surface area contributed by atoms with Crippen molar-refractivity contribution >= 4 is 27.5 Å². The number of pyridine rings is 1. The predicted molar refractivity (Wildman–Crippen MR) is 123 cm³/mol. The molecule has 10 nitrogen and oxygen atoms in total. The Labute approximate surface area is 192 Å². The Morgan fingerprint density at radius 1 is 1.15 bits per heavy atom. The average molecular weight is 457 g/mol. The second-order valence-electron chi connectivity index (χ2n) is 8.22. The monoisotopic (exact) mass is 457 g/mol. The second kappa shape index (κ2) is 7.92. The number of nitrogens with one attached hydrogen (secondary N) is 1. The van der Waals surface area contributed by atoms with Gasteiger partial charge in [-0.05, 0) is 43.2 Å². The Morgan fingerprint density at radius 2 is 1.94 bits per heavy atom. The number of methoxy groups -OCH3 is 1. The van der Waals surface area contributed by atoms with E-state index < -0.39 is 4.92 Å². The molecule has 1 aliphatic rings. The van der Waals surface area contributed by atoms with Gasteiger partial charge >= 0.3 is 0 Å². The minimum absolute atomic E-state index is 0.00883. The Kier molecular flexibility index (Phi) is 4.73. The fourth-order valence-corrected chi connectivity index (χ4v) is 4.08. The summed E-state index contributed by atoms with van der Waals surface area (Å²) in [5, 5.41) is 16.9. The molecule has 10 heteroatoms. The van der Waals surface area contributed by atoms with Crippen LogP contribution in [0.1, 0.15) is 30.1 Å². The van der Waals surface area contributed by atoms with Crippen molar-refractivity contribution in [3.8, 4) is 23.1 Å². The van der Waals surface area contributed by atoms with Crippen LogP contribution in [0.5, 0.6) is 11.5 Å². The summed E-state index contributed by atoms with van der Waals surface area (Å²) < 4.78 is 17.0. The molecule has 3 aromatic heterocycles. The van der Waals surface area contributed by atoms with Gasteiger partial charge in [-0.2, -0.15) is 4.98 Å². The number of nitro groups is 1. The number of non-ortho nitro benzene ring substituents is 1. The minimum atomic E-state index is -0.443. The van der Waals surface area contributed by atoms with Crippen LogP contribution in [0.15, 0.2) is 53.2 Å². The van der Waals surface area contributed by atoms with E-state index in [1.54, 1.807) is 25.4 Å². The lowest BCUT2D eigenvalue weighted by atomic mass is 10.1. The number of nitro benzene ring substituents is 1. The zero-order valence-electron chi connectivity index (χ0n) is 18.1. The first kappa shape index (κ1) is 20.3. The fourth-order valence-electron chi connectivity index (χ4n) is 4.08. The first-order valence-electron chi connectivity index (χ1n) is 10.8. The molecule has 0 spiro atoms. The molecule has 170 valence electrons. The molecular formula is C24H19N5O5. The molecule has 1 aliphatic carbocycles. The average Bonchev–Trinajstić information content (AvgIpc) is 3.45. The number of H-pyrrole nitrogens is 1. The molecule has 1 N–H and O–H groups in total. The molecule has 0 amide bonds. The number of benzene rings is 2. The molecule has 34 heavy (non-hydrogen) atoms. The van der Waals surface area contributed by atoms with Gasteiger partial charge in [0.05, 0.1) is 23.2 Å². The molecule has 5 aromatic rings. The summed E-state index contributed by atoms with van der Waals surface area (Å²) in [6.45, 7) is 0.307. The van der Waals surface area contributed by atoms with Crippen molar-refractivity contribution in [2.45, 2.75) is 25.4 Å². The van der Waals surface area contributed by atoms with E-state index in [1.807, 2.05) is 18.2 Å². The highest BCUT2D eigenvalue weighted by Crippen LogP contribution is 2.40. The van der Waals surface area contributed by atoms with Crippen LogP contribution >= 0.6 is 0 Å². The highest BCUT2D eigenvalue weighted by molar-refractivity contribution is 6.10. The van der Waals surface area contributed by atoms with E-state index in [1.165, 1.54) is 12.1 Å². The van der Waals surface area contributed by atoms with Crippen molar-refractivity contribution in [3.63, 3.8) is 0 Å². The molecule has 0 unspecified atom stereocenters. The normalized spacial score (nSPS) is 13.6. The fraction of sp³-hybridized carbons (Fsp3) is 0.208. The first-order chi connectivity index (χ1) is 16.6. The van der Waals surface area contributed by atoms with E-state index in [9.17, 15) is 10.1 Å². The van der Waals surface area contributed by atoms with Gasteiger partial charge in [-0.25, -0.2) is 4.98 Å². The summed E-state index contributed by atoms with van der Waals surface area (Å²) in [6.07, 6.45) is 3.91. The Hall–Kier alpha value is -4.31. The van der Waals surface area contributed by atoms with Gasteiger partial charge < -0.3 is 19.0 Å². The van der Waals surface area contributed by atoms with Crippen LogP contribution in [0.3, 0.4) is 0 Å². The molecule has 0 atom stereocenters. The Morgan fingerprint density at radius 3 is 2.68 bits per heavy atom. The van der Waals surface area contributed by atoms with Gasteiger partial charge in [0.25, 0.3) is 11.6 Å². The summed E-state index contributed by atoms with van der Waals surface area (Å²) in [5.74, 6) is 2.57. The quantitative estimate of drug-likeness (QED) is 0.251. The van der Waals surface area contributed by atoms with E-state index >= 15 is 0 Å². The van der Waals surface area contributed by atoms with Crippen LogP contribution in [-0.4, -0.2) is 32.1 Å². The number of hydrogen-bond acceptors (Lipinski definition) is 8. The van der Waals surface area contributed by atoms with Gasteiger partial charge in [0.1, 0.15) is 17.2 Å². The maximum Gasteiger partial charge on any atom is 0.276 e. The Bertz CT molecular complexity index is 1540. The van der Waals surface area contributed by atoms with Crippen molar-refractivity contribution < 1.29 is 18.9 Å². The topological polar surface area (TPSA) is 129 Å². The molecule has 3 heterocycles. The molecule has 2 aromatic carbocycles.